The van der Waals surface area contributed by atoms with Crippen LogP contribution in [0.5, 0.6) is 0 Å². The molecule has 0 radical (unpaired) electrons. The van der Waals surface area contributed by atoms with Gasteiger partial charge in [-0.2, -0.15) is 9.36 Å². The van der Waals surface area contributed by atoms with Crippen LogP contribution in [0.15, 0.2) is 18.7 Å². The van der Waals surface area contributed by atoms with Crippen LogP contribution in [0.3, 0.4) is 0 Å². The van der Waals surface area contributed by atoms with Gasteiger partial charge in [-0.25, -0.2) is 0 Å². The van der Waals surface area contributed by atoms with E-state index in [2.05, 4.69) is 43.7 Å². The number of aromatic nitrogens is 4. The molecule has 0 saturated heterocycles. The van der Waals surface area contributed by atoms with Gasteiger partial charge in [0.1, 0.15) is 11.2 Å². The Morgan fingerprint density at radius 3 is 2.86 bits per heavy atom. The van der Waals surface area contributed by atoms with E-state index < -0.39 is 12.1 Å². The summed E-state index contributed by atoms with van der Waals surface area (Å²) in [5, 5.41) is 24.9. The molecule has 1 saturated carbocycles. The molecule has 3 rings (SSSR count). The summed E-state index contributed by atoms with van der Waals surface area (Å²) in [5.74, 6) is 0.162. The molecule has 156 valence electrons. The van der Waals surface area contributed by atoms with Gasteiger partial charge >= 0.3 is 0 Å². The van der Waals surface area contributed by atoms with Gasteiger partial charge < -0.3 is 21.1 Å². The van der Waals surface area contributed by atoms with Gasteiger partial charge in [-0.3, -0.25) is 10.1 Å². The lowest BCUT2D eigenvalue weighted by molar-refractivity contribution is 0.0995. The molecule has 1 aliphatic rings. The summed E-state index contributed by atoms with van der Waals surface area (Å²) < 4.78 is 4.21. The number of aliphatic hydroxyl groups is 1. The third-order valence-electron chi connectivity index (χ3n) is 5.21. The van der Waals surface area contributed by atoms with Crippen molar-refractivity contribution in [2.45, 2.75) is 45.0 Å². The number of carbonyl (C=O) groups is 1. The van der Waals surface area contributed by atoms with Crippen molar-refractivity contribution in [1.82, 2.24) is 24.9 Å². The topological polar surface area (TPSA) is 142 Å². The van der Waals surface area contributed by atoms with Crippen molar-refractivity contribution >= 4 is 34.2 Å². The van der Waals surface area contributed by atoms with Crippen molar-refractivity contribution in [2.24, 2.45) is 11.7 Å². The quantitative estimate of drug-likeness (QED) is 0.367. The molecular weight excluding hydrogens is 392 g/mol. The van der Waals surface area contributed by atoms with E-state index in [0.29, 0.717) is 5.95 Å². The second-order valence-corrected chi connectivity index (χ2v) is 8.00. The zero-order valence-electron chi connectivity index (χ0n) is 16.7. The molecule has 2 aromatic rings. The summed E-state index contributed by atoms with van der Waals surface area (Å²) >= 11 is 1.26. The van der Waals surface area contributed by atoms with Crippen LogP contribution in [0.25, 0.3) is 0 Å². The van der Waals surface area contributed by atoms with Crippen molar-refractivity contribution in [3.63, 3.8) is 0 Å². The van der Waals surface area contributed by atoms with Gasteiger partial charge in [-0.05, 0) is 49.4 Å². The average molecular weight is 419 g/mol. The van der Waals surface area contributed by atoms with Crippen molar-refractivity contribution in [3.8, 4) is 0 Å². The highest BCUT2D eigenvalue weighted by molar-refractivity contribution is 7.10. The molecule has 10 nitrogen and oxygen atoms in total. The molecular formula is C18H26N8O2S. The molecule has 0 aliphatic heterocycles. The molecule has 11 heteroatoms. The van der Waals surface area contributed by atoms with Gasteiger partial charge in [-0.1, -0.05) is 13.5 Å². The van der Waals surface area contributed by atoms with Crippen LogP contribution in [0.4, 0.5) is 16.8 Å². The molecule has 0 bridgehead atoms. The Morgan fingerprint density at radius 2 is 2.24 bits per heavy atom. The van der Waals surface area contributed by atoms with Crippen molar-refractivity contribution in [3.05, 3.63) is 30.1 Å². The molecule has 2 unspecified atom stereocenters. The fourth-order valence-corrected chi connectivity index (χ4v) is 4.28. The maximum Gasteiger partial charge on any atom is 0.273 e. The van der Waals surface area contributed by atoms with Crippen LogP contribution < -0.4 is 21.3 Å². The number of nitrogens with zero attached hydrogens (tertiary/aromatic N) is 5. The van der Waals surface area contributed by atoms with Crippen LogP contribution in [-0.2, 0) is 0 Å². The molecule has 1 fully saturated rings. The predicted molar refractivity (Wildman–Crippen MR) is 112 cm³/mol. The summed E-state index contributed by atoms with van der Waals surface area (Å²) in [5.41, 5.74) is 6.27. The molecule has 2 heterocycles. The fraction of sp³-hybridized carbons (Fsp3) is 0.500. The number of rotatable bonds is 8. The molecule has 0 spiro atoms. The van der Waals surface area contributed by atoms with E-state index in [1.54, 1.807) is 0 Å². The summed E-state index contributed by atoms with van der Waals surface area (Å²) in [6, 6.07) is 2.14. The minimum Gasteiger partial charge on any atom is -0.375 e. The van der Waals surface area contributed by atoms with Crippen LogP contribution >= 0.6 is 11.5 Å². The molecule has 1 amide bonds. The summed E-state index contributed by atoms with van der Waals surface area (Å²) in [6.07, 6.45) is 2.53. The van der Waals surface area contributed by atoms with Gasteiger partial charge in [0.2, 0.25) is 5.95 Å². The number of nitrogens with two attached hydrogens (primary N) is 1. The Labute approximate surface area is 173 Å². The first-order valence-corrected chi connectivity index (χ1v) is 10.1. The Bertz CT molecular complexity index is 888. The highest BCUT2D eigenvalue weighted by atomic mass is 32.1. The second-order valence-electron chi connectivity index (χ2n) is 7.20. The van der Waals surface area contributed by atoms with Gasteiger partial charge in [0.15, 0.2) is 11.5 Å². The molecule has 1 aliphatic carbocycles. The SMILES string of the molecule is C=CC(O)NC1CC[C@@H](N(C)c2nnc(C(N)=O)c(Nc3cc(C)ns3)n2)[C@H]1C. The van der Waals surface area contributed by atoms with E-state index >= 15 is 0 Å². The Kier molecular flexibility index (Phi) is 6.40. The number of anilines is 3. The zero-order valence-corrected chi connectivity index (χ0v) is 17.5. The number of hydrogen-bond acceptors (Lipinski definition) is 10. The van der Waals surface area contributed by atoms with Crippen LogP contribution in [0.2, 0.25) is 0 Å². The van der Waals surface area contributed by atoms with Gasteiger partial charge in [0.05, 0.1) is 5.69 Å². The maximum absolute atomic E-state index is 11.8. The first-order chi connectivity index (χ1) is 13.8. The van der Waals surface area contributed by atoms with E-state index in [-0.39, 0.29) is 29.5 Å². The third kappa shape index (κ3) is 4.69. The maximum atomic E-state index is 11.8. The number of aryl methyl sites for hydroxylation is 1. The molecule has 2 aromatic heterocycles. The van der Waals surface area contributed by atoms with Gasteiger partial charge in [0.25, 0.3) is 5.91 Å². The van der Waals surface area contributed by atoms with Crippen molar-refractivity contribution < 1.29 is 9.90 Å². The first kappa shape index (κ1) is 21.1. The number of nitrogens with one attached hydrogen (secondary N) is 2. The number of aliphatic hydroxyl groups excluding tert-OH is 1. The Morgan fingerprint density at radius 1 is 1.48 bits per heavy atom. The van der Waals surface area contributed by atoms with Crippen LogP contribution in [0, 0.1) is 12.8 Å². The number of amides is 1. The second kappa shape index (κ2) is 8.80. The Balaban J connectivity index is 1.82. The van der Waals surface area contributed by atoms with Gasteiger partial charge in [-0.15, -0.1) is 10.2 Å². The highest BCUT2D eigenvalue weighted by Gasteiger charge is 2.37. The minimum absolute atomic E-state index is 0.0266. The zero-order chi connectivity index (χ0) is 21.1. The summed E-state index contributed by atoms with van der Waals surface area (Å²) in [6.45, 7) is 7.59. The van der Waals surface area contributed by atoms with Gasteiger partial charge in [0, 0.05) is 19.1 Å². The molecule has 4 atom stereocenters. The first-order valence-electron chi connectivity index (χ1n) is 9.34. The molecule has 29 heavy (non-hydrogen) atoms. The van der Waals surface area contributed by atoms with Crippen LogP contribution in [-0.4, -0.2) is 55.9 Å². The lowest BCUT2D eigenvalue weighted by Gasteiger charge is -2.30. The lowest BCUT2D eigenvalue weighted by atomic mass is 10.0. The average Bonchev–Trinajstić information content (AvgIpc) is 3.26. The van der Waals surface area contributed by atoms with E-state index in [1.165, 1.54) is 17.6 Å². The third-order valence-corrected chi connectivity index (χ3v) is 6.01. The largest absolute Gasteiger partial charge is 0.375 e. The predicted octanol–water partition coefficient (Wildman–Crippen LogP) is 1.18. The standard InChI is InChI=1S/C18H26N8O2S/c1-5-13(27)20-11-6-7-12(10(11)3)26(4)18-22-17(15(16(19)28)23-24-18)21-14-8-9(2)25-29-14/h5,8,10-13,20,27H,1,6-7H2,2-4H3,(H2,19,28)(H,21,22,24)/t10-,11?,12+,13?/m0/s1. The highest BCUT2D eigenvalue weighted by Crippen LogP contribution is 2.32. The minimum atomic E-state index is -0.738. The van der Waals surface area contributed by atoms with E-state index in [4.69, 9.17) is 5.73 Å². The normalized spacial score (nSPS) is 22.3. The molecule has 5 N–H and O–H groups in total. The lowest BCUT2D eigenvalue weighted by Crippen LogP contribution is -2.44. The van der Waals surface area contributed by atoms with E-state index in [9.17, 15) is 9.90 Å². The fourth-order valence-electron chi connectivity index (χ4n) is 3.62. The monoisotopic (exact) mass is 418 g/mol. The van der Waals surface area contributed by atoms with E-state index in [0.717, 1.165) is 23.5 Å². The number of carbonyl (C=O) groups excluding carboxylic acids is 1. The van der Waals surface area contributed by atoms with Crippen molar-refractivity contribution in [1.29, 1.82) is 0 Å². The van der Waals surface area contributed by atoms with E-state index in [1.807, 2.05) is 24.9 Å². The molecule has 0 aromatic carbocycles. The smallest absolute Gasteiger partial charge is 0.273 e. The number of primary amides is 1. The number of hydrogen-bond donors (Lipinski definition) is 4. The van der Waals surface area contributed by atoms with Crippen molar-refractivity contribution in [2.75, 3.05) is 17.3 Å². The van der Waals surface area contributed by atoms with Crippen LogP contribution in [0.1, 0.15) is 35.9 Å². The summed E-state index contributed by atoms with van der Waals surface area (Å²) in [4.78, 5) is 18.2. The Hall–Kier alpha value is -2.63. The summed E-state index contributed by atoms with van der Waals surface area (Å²) in [7, 11) is 1.90.